The Morgan fingerprint density at radius 2 is 1.96 bits per heavy atom. The van der Waals surface area contributed by atoms with E-state index >= 15 is 0 Å². The van der Waals surface area contributed by atoms with Gasteiger partial charge in [0.2, 0.25) is 0 Å². The van der Waals surface area contributed by atoms with Gasteiger partial charge in [0, 0.05) is 11.8 Å². The second-order valence-electron chi connectivity index (χ2n) is 5.37. The molecule has 140 valence electrons. The Hall–Kier alpha value is -1.80. The SMILES string of the molecule is O=C1CCC(=O)[N+]1(SC(=S)CCCc1ccc([N+](=O)[O-])cn1)S(=O)(=O)O. The first kappa shape index (κ1) is 20.5. The molecule has 1 aliphatic rings. The molecule has 0 unspecified atom stereocenters. The number of amides is 2. The zero-order valence-corrected chi connectivity index (χ0v) is 15.7. The maximum Gasteiger partial charge on any atom is 0.459 e. The van der Waals surface area contributed by atoms with Crippen LogP contribution in [0.25, 0.3) is 0 Å². The number of quaternary nitrogens is 1. The summed E-state index contributed by atoms with van der Waals surface area (Å²) in [6.07, 6.45) is 1.59. The molecule has 1 aliphatic heterocycles. The molecular weight excluding hydrogens is 406 g/mol. The fourth-order valence-electron chi connectivity index (χ4n) is 2.33. The van der Waals surface area contributed by atoms with Gasteiger partial charge in [-0.1, -0.05) is 12.2 Å². The fraction of sp³-hybridized carbons (Fsp3) is 0.385. The minimum atomic E-state index is -5.01. The van der Waals surface area contributed by atoms with E-state index in [1.165, 1.54) is 12.1 Å². The molecule has 1 N–H and O–H groups in total. The minimum absolute atomic E-state index is 0.0770. The maximum absolute atomic E-state index is 11.9. The zero-order chi connectivity index (χ0) is 19.5. The Morgan fingerprint density at radius 1 is 1.35 bits per heavy atom. The Bertz CT molecular complexity index is 851. The molecule has 1 aromatic rings. The summed E-state index contributed by atoms with van der Waals surface area (Å²) in [5.74, 6) is -1.86. The van der Waals surface area contributed by atoms with E-state index in [0.717, 1.165) is 6.20 Å². The van der Waals surface area contributed by atoms with Gasteiger partial charge in [0.25, 0.3) is 5.69 Å². The molecule has 1 fully saturated rings. The van der Waals surface area contributed by atoms with Gasteiger partial charge in [-0.2, -0.15) is 0 Å². The van der Waals surface area contributed by atoms with Crippen LogP contribution in [0.2, 0.25) is 0 Å². The maximum atomic E-state index is 11.9. The van der Waals surface area contributed by atoms with Gasteiger partial charge in [-0.25, -0.2) is 14.1 Å². The quantitative estimate of drug-likeness (QED) is 0.132. The number of rotatable bonds is 7. The van der Waals surface area contributed by atoms with Crippen LogP contribution in [0, 0.1) is 10.1 Å². The Labute approximate surface area is 158 Å². The third-order valence-corrected chi connectivity index (χ3v) is 6.94. The number of aromatic nitrogens is 1. The molecule has 0 aromatic carbocycles. The van der Waals surface area contributed by atoms with Crippen molar-refractivity contribution in [1.82, 2.24) is 4.98 Å². The number of hydrogen-bond acceptors (Lipinski definition) is 9. The van der Waals surface area contributed by atoms with Gasteiger partial charge in [-0.15, -0.1) is 8.42 Å². The van der Waals surface area contributed by atoms with Gasteiger partial charge in [0.05, 0.1) is 17.8 Å². The summed E-state index contributed by atoms with van der Waals surface area (Å²) in [4.78, 5) is 37.8. The first-order valence-electron chi connectivity index (χ1n) is 7.33. The van der Waals surface area contributed by atoms with E-state index in [1.54, 1.807) is 0 Å². The van der Waals surface area contributed by atoms with Crippen molar-refractivity contribution in [1.29, 1.82) is 0 Å². The van der Waals surface area contributed by atoms with Crippen LogP contribution >= 0.6 is 24.2 Å². The van der Waals surface area contributed by atoms with Crippen molar-refractivity contribution in [3.63, 3.8) is 0 Å². The predicted octanol–water partition coefficient (Wildman–Crippen LogP) is 1.75. The first-order chi connectivity index (χ1) is 12.1. The first-order valence-corrected chi connectivity index (χ1v) is 9.91. The smallest absolute Gasteiger partial charge is 0.258 e. The van der Waals surface area contributed by atoms with Crippen molar-refractivity contribution < 1.29 is 30.8 Å². The van der Waals surface area contributed by atoms with E-state index in [0.29, 0.717) is 30.5 Å². The van der Waals surface area contributed by atoms with E-state index < -0.39 is 30.3 Å². The van der Waals surface area contributed by atoms with Crippen molar-refractivity contribution in [2.24, 2.45) is 0 Å². The second kappa shape index (κ2) is 7.84. The highest BCUT2D eigenvalue weighted by atomic mass is 32.3. The molecule has 0 atom stereocenters. The molecule has 2 heterocycles. The van der Waals surface area contributed by atoms with E-state index in [2.05, 4.69) is 4.98 Å². The van der Waals surface area contributed by atoms with E-state index in [4.69, 9.17) is 12.2 Å². The van der Waals surface area contributed by atoms with Crippen molar-refractivity contribution in [3.8, 4) is 0 Å². The molecule has 2 amide bonds. The van der Waals surface area contributed by atoms with E-state index in [-0.39, 0.29) is 29.1 Å². The number of aryl methyl sites for hydroxylation is 1. The third-order valence-electron chi connectivity index (χ3n) is 3.60. The van der Waals surface area contributed by atoms with E-state index in [1.807, 2.05) is 0 Å². The Morgan fingerprint density at radius 3 is 2.42 bits per heavy atom. The summed E-state index contributed by atoms with van der Waals surface area (Å²) < 4.78 is 31.0. The Balaban J connectivity index is 1.98. The number of nitrogens with zero attached hydrogens (tertiary/aromatic N) is 3. The summed E-state index contributed by atoms with van der Waals surface area (Å²) >= 11 is 5.41. The van der Waals surface area contributed by atoms with Crippen LogP contribution in [0.15, 0.2) is 18.3 Å². The van der Waals surface area contributed by atoms with Gasteiger partial charge < -0.3 is 0 Å². The number of hydrogen-bond donors (Lipinski definition) is 1. The highest BCUT2D eigenvalue weighted by molar-refractivity contribution is 8.22. The van der Waals surface area contributed by atoms with Crippen LogP contribution in [0.1, 0.15) is 31.4 Å². The molecule has 1 aromatic heterocycles. The van der Waals surface area contributed by atoms with Crippen molar-refractivity contribution in [2.75, 3.05) is 0 Å². The van der Waals surface area contributed by atoms with Gasteiger partial charge in [-0.05, 0) is 28.6 Å². The molecule has 0 radical (unpaired) electrons. The zero-order valence-electron chi connectivity index (χ0n) is 13.2. The summed E-state index contributed by atoms with van der Waals surface area (Å²) in [5.41, 5.74) is 0.445. The van der Waals surface area contributed by atoms with Gasteiger partial charge in [-0.3, -0.25) is 15.1 Å². The molecule has 0 bridgehead atoms. The fourth-order valence-corrected chi connectivity index (χ4v) is 5.20. The molecule has 13 heteroatoms. The van der Waals surface area contributed by atoms with Gasteiger partial charge in [0.15, 0.2) is 11.9 Å². The normalized spacial score (nSPS) is 16.7. The molecule has 0 saturated carbocycles. The average Bonchev–Trinajstić information content (AvgIpc) is 2.84. The second-order valence-corrected chi connectivity index (χ2v) is 9.02. The molecular formula is C13H14N3O7S3+. The lowest BCUT2D eigenvalue weighted by Gasteiger charge is -2.20. The molecule has 26 heavy (non-hydrogen) atoms. The predicted molar refractivity (Wildman–Crippen MR) is 95.1 cm³/mol. The van der Waals surface area contributed by atoms with Gasteiger partial charge >= 0.3 is 22.1 Å². The largest absolute Gasteiger partial charge is 0.459 e. The topological polar surface area (TPSA) is 145 Å². The summed E-state index contributed by atoms with van der Waals surface area (Å²) in [5, 5.41) is 10.6. The van der Waals surface area contributed by atoms with Crippen LogP contribution in [0.4, 0.5) is 5.69 Å². The van der Waals surface area contributed by atoms with Crippen LogP contribution in [-0.4, -0.2) is 42.2 Å². The number of pyridine rings is 1. The molecule has 0 aliphatic carbocycles. The number of carbonyl (C=O) groups excluding carboxylic acids is 2. The highest BCUT2D eigenvalue weighted by Gasteiger charge is 2.62. The summed E-state index contributed by atoms with van der Waals surface area (Å²) in [7, 11) is -5.01. The summed E-state index contributed by atoms with van der Waals surface area (Å²) in [6.45, 7) is 0. The summed E-state index contributed by atoms with van der Waals surface area (Å²) in [6, 6.07) is 2.81. The lowest BCUT2D eigenvalue weighted by molar-refractivity contribution is -0.494. The third kappa shape index (κ3) is 4.12. The standard InChI is InChI=1S/C13H13N3O7S3/c17-11-6-7-12(18)16(11,26(21,22)23)25-13(24)3-1-2-9-4-5-10(8-14-9)15(19)20/h4-5,8H,1-3,6-7H2/p+1. The molecule has 2 rings (SSSR count). The van der Waals surface area contributed by atoms with Crippen LogP contribution in [0.3, 0.4) is 0 Å². The lowest BCUT2D eigenvalue weighted by atomic mass is 10.2. The van der Waals surface area contributed by atoms with Crippen molar-refractivity contribution in [3.05, 3.63) is 34.1 Å². The number of carbonyl (C=O) groups is 2. The number of thiocarbonyl (C=S) groups is 1. The monoisotopic (exact) mass is 420 g/mol. The lowest BCUT2D eigenvalue weighted by Crippen LogP contribution is -2.51. The molecule has 0 spiro atoms. The van der Waals surface area contributed by atoms with Crippen LogP contribution in [-0.2, 0) is 26.3 Å². The van der Waals surface area contributed by atoms with Crippen LogP contribution < -0.4 is 0 Å². The van der Waals surface area contributed by atoms with Gasteiger partial charge in [0.1, 0.15) is 10.4 Å². The number of imide groups is 1. The number of nitro groups is 1. The Kier molecular flexibility index (Phi) is 6.18. The molecule has 10 nitrogen and oxygen atoms in total. The van der Waals surface area contributed by atoms with E-state index in [9.17, 15) is 32.7 Å². The highest BCUT2D eigenvalue weighted by Crippen LogP contribution is 2.38. The molecule has 1 saturated heterocycles. The van der Waals surface area contributed by atoms with Crippen molar-refractivity contribution >= 4 is 56.2 Å². The minimum Gasteiger partial charge on any atom is -0.258 e. The van der Waals surface area contributed by atoms with Crippen LogP contribution in [0.5, 0.6) is 0 Å². The average molecular weight is 420 g/mol. The van der Waals surface area contributed by atoms with Crippen molar-refractivity contribution in [2.45, 2.75) is 32.1 Å².